The summed E-state index contributed by atoms with van der Waals surface area (Å²) in [6.07, 6.45) is 1.32. The molecule has 0 aliphatic heterocycles. The fourth-order valence-corrected chi connectivity index (χ4v) is 10.7. The van der Waals surface area contributed by atoms with Crippen LogP contribution < -0.4 is 0 Å². The third kappa shape index (κ3) is 15.5. The van der Waals surface area contributed by atoms with Crippen LogP contribution in [-0.4, -0.2) is 67.5 Å². The molecule has 0 N–H and O–H groups in total. The first-order chi connectivity index (χ1) is 12.9. The average molecular weight is 489 g/mol. The maximum Gasteiger partial charge on any atom is 0.0109 e. The molecule has 0 aliphatic carbocycles. The Hall–Kier alpha value is 2.10. The van der Waals surface area contributed by atoms with Crippen LogP contribution in [-0.2, 0) is 0 Å². The molecule has 0 saturated heterocycles. The van der Waals surface area contributed by atoms with Gasteiger partial charge in [-0.3, -0.25) is 0 Å². The lowest BCUT2D eigenvalue weighted by atomic mass is 9.92. The first kappa shape index (κ1) is 29.1. The van der Waals surface area contributed by atoms with Gasteiger partial charge in [0, 0.05) is 50.3 Å². The Bertz CT molecular complexity index is 280. The Morgan fingerprint density at radius 2 is 0.852 bits per heavy atom. The van der Waals surface area contributed by atoms with Crippen molar-refractivity contribution in [3.8, 4) is 0 Å². The van der Waals surface area contributed by atoms with Crippen LogP contribution in [0.15, 0.2) is 0 Å². The van der Waals surface area contributed by atoms with Crippen molar-refractivity contribution in [1.82, 2.24) is 0 Å². The molecule has 6 heteroatoms. The summed E-state index contributed by atoms with van der Waals surface area (Å²) in [5, 5.41) is 2.37. The zero-order valence-electron chi connectivity index (χ0n) is 18.8. The molecule has 0 radical (unpaired) electrons. The van der Waals surface area contributed by atoms with Gasteiger partial charge in [0.05, 0.1) is 0 Å². The monoisotopic (exact) mass is 488 g/mol. The molecular weight excluding hydrogens is 445 g/mol. The summed E-state index contributed by atoms with van der Waals surface area (Å²) in [4.78, 5) is 0. The highest BCUT2D eigenvalue weighted by molar-refractivity contribution is 8.04. The van der Waals surface area contributed by atoms with E-state index in [-0.39, 0.29) is 0 Å². The van der Waals surface area contributed by atoms with Crippen LogP contribution in [0.1, 0.15) is 54.9 Å². The van der Waals surface area contributed by atoms with Gasteiger partial charge in [0.2, 0.25) is 0 Å². The van der Waals surface area contributed by atoms with Gasteiger partial charge >= 0.3 is 0 Å². The van der Waals surface area contributed by atoms with Crippen molar-refractivity contribution < 1.29 is 0 Å². The van der Waals surface area contributed by atoms with Crippen molar-refractivity contribution in [2.75, 3.05) is 51.8 Å². The topological polar surface area (TPSA) is 0 Å². The molecule has 0 heterocycles. The van der Waals surface area contributed by atoms with Gasteiger partial charge in [-0.1, -0.05) is 48.5 Å². The van der Waals surface area contributed by atoms with Crippen molar-refractivity contribution in [2.45, 2.75) is 70.6 Å². The van der Waals surface area contributed by atoms with Crippen molar-refractivity contribution in [3.63, 3.8) is 0 Å². The van der Waals surface area contributed by atoms with E-state index < -0.39 is 0 Å². The quantitative estimate of drug-likeness (QED) is 0.179. The Labute approximate surface area is 197 Å². The van der Waals surface area contributed by atoms with E-state index in [4.69, 9.17) is 0 Å². The van der Waals surface area contributed by atoms with E-state index in [0.717, 1.165) is 15.7 Å². The van der Waals surface area contributed by atoms with Crippen LogP contribution in [0.5, 0.6) is 0 Å². The molecule has 0 saturated carbocycles. The smallest absolute Gasteiger partial charge is 0.0109 e. The average Bonchev–Trinajstić information content (AvgIpc) is 2.62. The van der Waals surface area contributed by atoms with E-state index in [0.29, 0.717) is 5.41 Å². The molecular formula is C21H44S6. The number of rotatable bonds is 19. The Kier molecular flexibility index (Phi) is 20.3. The molecule has 0 bridgehead atoms. The van der Waals surface area contributed by atoms with Crippen LogP contribution in [0.25, 0.3) is 0 Å². The third-order valence-electron chi connectivity index (χ3n) is 4.39. The molecule has 0 nitrogen and oxygen atoms in total. The van der Waals surface area contributed by atoms with Gasteiger partial charge < -0.3 is 0 Å². The number of hydrogen-bond donors (Lipinski definition) is 0. The predicted molar refractivity (Wildman–Crippen MR) is 147 cm³/mol. The minimum absolute atomic E-state index is 0.504. The molecule has 0 aromatic rings. The largest absolute Gasteiger partial charge is 0.160 e. The lowest BCUT2D eigenvalue weighted by Crippen LogP contribution is -2.31. The SMILES string of the molecule is CCSC(C)CSCC(CC)(CSCC(C)SCC)CSCC(C)SCC. The highest BCUT2D eigenvalue weighted by Crippen LogP contribution is 2.37. The van der Waals surface area contributed by atoms with Crippen LogP contribution >= 0.6 is 70.6 Å². The summed E-state index contributed by atoms with van der Waals surface area (Å²) >= 11 is 13.0. The molecule has 3 atom stereocenters. The number of thioether (sulfide) groups is 6. The molecule has 0 aromatic heterocycles. The maximum atomic E-state index is 2.43. The van der Waals surface area contributed by atoms with E-state index in [1.807, 2.05) is 0 Å². The minimum Gasteiger partial charge on any atom is -0.160 e. The normalized spacial score (nSPS) is 17.4. The van der Waals surface area contributed by atoms with E-state index in [1.165, 1.54) is 58.2 Å². The van der Waals surface area contributed by atoms with Crippen molar-refractivity contribution in [2.24, 2.45) is 5.41 Å². The van der Waals surface area contributed by atoms with Crippen LogP contribution in [0.3, 0.4) is 0 Å². The second kappa shape index (κ2) is 18.8. The fraction of sp³-hybridized carbons (Fsp3) is 1.00. The van der Waals surface area contributed by atoms with Crippen LogP contribution in [0.2, 0.25) is 0 Å². The van der Waals surface area contributed by atoms with E-state index in [2.05, 4.69) is 119 Å². The molecule has 0 aromatic carbocycles. The molecule has 0 rings (SSSR count). The van der Waals surface area contributed by atoms with E-state index in [9.17, 15) is 0 Å². The van der Waals surface area contributed by atoms with Crippen molar-refractivity contribution in [3.05, 3.63) is 0 Å². The second-order valence-corrected chi connectivity index (χ2v) is 15.4. The standard InChI is InChI=1S/C21H44S6/c1-8-21(15-22-12-18(5)25-9-2,16-23-13-19(6)26-10-3)17-24-14-20(7)27-11-4/h18-20H,8-17H2,1-7H3. The summed E-state index contributed by atoms with van der Waals surface area (Å²) in [6.45, 7) is 16.4. The van der Waals surface area contributed by atoms with Gasteiger partial charge in [0.25, 0.3) is 0 Å². The molecule has 27 heavy (non-hydrogen) atoms. The van der Waals surface area contributed by atoms with Gasteiger partial charge in [-0.2, -0.15) is 70.6 Å². The summed E-state index contributed by atoms with van der Waals surface area (Å²) in [6, 6.07) is 0. The van der Waals surface area contributed by atoms with Crippen molar-refractivity contribution in [1.29, 1.82) is 0 Å². The zero-order valence-corrected chi connectivity index (χ0v) is 23.7. The Morgan fingerprint density at radius 1 is 0.556 bits per heavy atom. The Morgan fingerprint density at radius 3 is 1.07 bits per heavy atom. The summed E-state index contributed by atoms with van der Waals surface area (Å²) in [5.74, 6) is 11.7. The first-order valence-corrected chi connectivity index (χ1v) is 17.1. The molecule has 0 amide bonds. The summed E-state index contributed by atoms with van der Waals surface area (Å²) < 4.78 is 0. The van der Waals surface area contributed by atoms with Gasteiger partial charge in [-0.05, 0) is 29.1 Å². The van der Waals surface area contributed by atoms with E-state index in [1.54, 1.807) is 0 Å². The van der Waals surface area contributed by atoms with Gasteiger partial charge in [0.15, 0.2) is 0 Å². The minimum atomic E-state index is 0.504. The van der Waals surface area contributed by atoms with Crippen molar-refractivity contribution >= 4 is 70.6 Å². The van der Waals surface area contributed by atoms with Gasteiger partial charge in [0.1, 0.15) is 0 Å². The Balaban J connectivity index is 4.61. The summed E-state index contributed by atoms with van der Waals surface area (Å²) in [7, 11) is 0. The molecule has 0 fully saturated rings. The lowest BCUT2D eigenvalue weighted by Gasteiger charge is -2.33. The first-order valence-electron chi connectivity index (χ1n) is 10.5. The highest BCUT2D eigenvalue weighted by Gasteiger charge is 2.29. The predicted octanol–water partition coefficient (Wildman–Crippen LogP) is 8.01. The molecule has 0 aliphatic rings. The van der Waals surface area contributed by atoms with Crippen LogP contribution in [0.4, 0.5) is 0 Å². The lowest BCUT2D eigenvalue weighted by molar-refractivity contribution is 0.428. The number of hydrogen-bond acceptors (Lipinski definition) is 6. The summed E-state index contributed by atoms with van der Waals surface area (Å²) in [5.41, 5.74) is 0.504. The van der Waals surface area contributed by atoms with Gasteiger partial charge in [-0.15, -0.1) is 0 Å². The van der Waals surface area contributed by atoms with Crippen LogP contribution in [0, 0.1) is 5.41 Å². The highest BCUT2D eigenvalue weighted by atomic mass is 32.2. The second-order valence-electron chi connectivity index (χ2n) is 7.20. The molecule has 3 unspecified atom stereocenters. The fourth-order valence-electron chi connectivity index (χ4n) is 2.75. The van der Waals surface area contributed by atoms with E-state index >= 15 is 0 Å². The maximum absolute atomic E-state index is 2.43. The zero-order chi connectivity index (χ0) is 20.5. The van der Waals surface area contributed by atoms with Gasteiger partial charge in [-0.25, -0.2) is 0 Å². The molecule has 164 valence electrons. The molecule has 0 spiro atoms. The third-order valence-corrected chi connectivity index (χ3v) is 12.9.